The second-order valence-corrected chi connectivity index (χ2v) is 5.28. The Balaban J connectivity index is 3.17. The van der Waals surface area contributed by atoms with E-state index in [1.54, 1.807) is 13.0 Å². The molecule has 0 fully saturated rings. The molecule has 5 nitrogen and oxygen atoms in total. The number of benzene rings is 1. The molecule has 0 radical (unpaired) electrons. The fraction of sp³-hybridized carbons (Fsp3) is 0.462. The molecule has 0 unspecified atom stereocenters. The predicted octanol–water partition coefficient (Wildman–Crippen LogP) is 2.31. The molecule has 106 valence electrons. The normalized spacial score (nSPS) is 10.6. The van der Waals surface area contributed by atoms with Crippen molar-refractivity contribution in [3.63, 3.8) is 0 Å². The maximum Gasteiger partial charge on any atom is 0.338 e. The molecule has 0 bridgehead atoms. The van der Waals surface area contributed by atoms with Gasteiger partial charge in [0.15, 0.2) is 0 Å². The highest BCUT2D eigenvalue weighted by Crippen LogP contribution is 2.34. The van der Waals surface area contributed by atoms with E-state index < -0.39 is 5.97 Å². The third kappa shape index (κ3) is 3.84. The van der Waals surface area contributed by atoms with E-state index in [0.29, 0.717) is 21.4 Å². The second kappa shape index (κ2) is 6.77. The van der Waals surface area contributed by atoms with Gasteiger partial charge in [0.25, 0.3) is 0 Å². The lowest BCUT2D eigenvalue weighted by atomic mass is 10.1. The summed E-state index contributed by atoms with van der Waals surface area (Å²) in [6, 6.07) is 1.87. The summed E-state index contributed by atoms with van der Waals surface area (Å²) in [6.07, 6.45) is 0. The summed E-state index contributed by atoms with van der Waals surface area (Å²) in [4.78, 5) is 11.9. The van der Waals surface area contributed by atoms with Gasteiger partial charge in [0, 0.05) is 10.5 Å². The lowest BCUT2D eigenvalue weighted by molar-refractivity contribution is 0.0433. The van der Waals surface area contributed by atoms with Crippen LogP contribution in [0.2, 0.25) is 0 Å². The molecular formula is C13H19BrN2O3. The summed E-state index contributed by atoms with van der Waals surface area (Å²) in [5, 5.41) is 11.9. The molecule has 4 N–H and O–H groups in total. The number of nitrogens with one attached hydrogen (secondary N) is 1. The Morgan fingerprint density at radius 2 is 2.21 bits per heavy atom. The maximum atomic E-state index is 11.9. The van der Waals surface area contributed by atoms with Gasteiger partial charge in [-0.2, -0.15) is 0 Å². The fourth-order valence-electron chi connectivity index (χ4n) is 1.63. The van der Waals surface area contributed by atoms with Crippen LogP contribution in [0.4, 0.5) is 11.4 Å². The van der Waals surface area contributed by atoms with Gasteiger partial charge >= 0.3 is 5.97 Å². The maximum absolute atomic E-state index is 11.9. The van der Waals surface area contributed by atoms with Gasteiger partial charge in [0.05, 0.1) is 23.5 Å². The fourth-order valence-corrected chi connectivity index (χ4v) is 2.05. The zero-order valence-electron chi connectivity index (χ0n) is 11.3. The number of aliphatic hydroxyl groups excluding tert-OH is 1. The largest absolute Gasteiger partial charge is 0.460 e. The number of carbonyl (C=O) groups excluding carboxylic acids is 1. The first kappa shape index (κ1) is 15.8. The van der Waals surface area contributed by atoms with Gasteiger partial charge in [-0.15, -0.1) is 0 Å². The van der Waals surface area contributed by atoms with Crippen LogP contribution in [0.3, 0.4) is 0 Å². The van der Waals surface area contributed by atoms with Crippen molar-refractivity contribution in [3.8, 4) is 0 Å². The molecule has 0 heterocycles. The molecule has 0 aromatic heterocycles. The van der Waals surface area contributed by atoms with Crippen molar-refractivity contribution in [2.24, 2.45) is 0 Å². The smallest absolute Gasteiger partial charge is 0.338 e. The Labute approximate surface area is 121 Å². The first-order chi connectivity index (χ1) is 8.88. The van der Waals surface area contributed by atoms with Crippen LogP contribution in [0, 0.1) is 6.92 Å². The average molecular weight is 331 g/mol. The van der Waals surface area contributed by atoms with Crippen molar-refractivity contribution in [1.82, 2.24) is 0 Å². The minimum Gasteiger partial charge on any atom is -0.460 e. The minimum absolute atomic E-state index is 0.0206. The number of nitrogen functional groups attached to an aromatic ring is 1. The quantitative estimate of drug-likeness (QED) is 0.569. The highest BCUT2D eigenvalue weighted by Gasteiger charge is 2.18. The number of esters is 1. The molecule has 0 aliphatic rings. The van der Waals surface area contributed by atoms with Crippen molar-refractivity contribution in [3.05, 3.63) is 21.7 Å². The first-order valence-corrected chi connectivity index (χ1v) is 6.80. The summed E-state index contributed by atoms with van der Waals surface area (Å²) in [7, 11) is 0. The van der Waals surface area contributed by atoms with E-state index in [1.165, 1.54) is 0 Å². The summed E-state index contributed by atoms with van der Waals surface area (Å²) in [6.45, 7) is 5.54. The second-order valence-electron chi connectivity index (χ2n) is 4.48. The average Bonchev–Trinajstić information content (AvgIpc) is 2.36. The standard InChI is InChI=1S/C13H19BrN2O3/c1-7(2)16-10-6-9(13(18)19-5-4-17)8(3)11(14)12(10)15/h6-7,16-17H,4-5,15H2,1-3H3. The van der Waals surface area contributed by atoms with Crippen LogP contribution < -0.4 is 11.1 Å². The highest BCUT2D eigenvalue weighted by molar-refractivity contribution is 9.10. The lowest BCUT2D eigenvalue weighted by Gasteiger charge is -2.17. The van der Waals surface area contributed by atoms with Crippen LogP contribution in [0.15, 0.2) is 10.5 Å². The minimum atomic E-state index is -0.473. The molecule has 0 spiro atoms. The first-order valence-electron chi connectivity index (χ1n) is 6.01. The van der Waals surface area contributed by atoms with Crippen LogP contribution in [-0.4, -0.2) is 30.3 Å². The molecule has 19 heavy (non-hydrogen) atoms. The Bertz CT molecular complexity index is 475. The molecule has 0 aliphatic carbocycles. The van der Waals surface area contributed by atoms with Crippen LogP contribution in [0.1, 0.15) is 29.8 Å². The number of rotatable bonds is 5. The van der Waals surface area contributed by atoms with Gasteiger partial charge in [0.2, 0.25) is 0 Å². The molecule has 1 rings (SSSR count). The van der Waals surface area contributed by atoms with E-state index in [-0.39, 0.29) is 19.3 Å². The van der Waals surface area contributed by atoms with Gasteiger partial charge in [-0.05, 0) is 48.3 Å². The zero-order chi connectivity index (χ0) is 14.6. The molecule has 0 aliphatic heterocycles. The third-order valence-electron chi connectivity index (χ3n) is 2.54. The molecular weight excluding hydrogens is 312 g/mol. The number of anilines is 2. The Kier molecular flexibility index (Phi) is 5.62. The van der Waals surface area contributed by atoms with Crippen molar-refractivity contribution in [2.45, 2.75) is 26.8 Å². The van der Waals surface area contributed by atoms with Gasteiger partial charge in [-0.3, -0.25) is 0 Å². The van der Waals surface area contributed by atoms with E-state index in [0.717, 1.165) is 5.56 Å². The Morgan fingerprint density at radius 3 is 2.74 bits per heavy atom. The number of hydrogen-bond donors (Lipinski definition) is 3. The van der Waals surface area contributed by atoms with Crippen molar-refractivity contribution in [1.29, 1.82) is 0 Å². The van der Waals surface area contributed by atoms with E-state index in [2.05, 4.69) is 21.2 Å². The summed E-state index contributed by atoms with van der Waals surface area (Å²) in [5.74, 6) is -0.473. The third-order valence-corrected chi connectivity index (χ3v) is 3.56. The van der Waals surface area contributed by atoms with Crippen LogP contribution in [0.25, 0.3) is 0 Å². The molecule has 0 atom stereocenters. The molecule has 0 saturated carbocycles. The SMILES string of the molecule is Cc1c(C(=O)OCCO)cc(NC(C)C)c(N)c1Br. The number of halogens is 1. The van der Waals surface area contributed by atoms with Crippen molar-refractivity contribution >= 4 is 33.3 Å². The van der Waals surface area contributed by atoms with Crippen LogP contribution >= 0.6 is 15.9 Å². The summed E-state index contributed by atoms with van der Waals surface area (Å²) >= 11 is 3.39. The zero-order valence-corrected chi connectivity index (χ0v) is 12.9. The molecule has 6 heteroatoms. The summed E-state index contributed by atoms with van der Waals surface area (Å²) in [5.41, 5.74) is 8.39. The van der Waals surface area contributed by atoms with Gasteiger partial charge in [-0.25, -0.2) is 4.79 Å². The van der Waals surface area contributed by atoms with Crippen LogP contribution in [0.5, 0.6) is 0 Å². The van der Waals surface area contributed by atoms with Crippen LogP contribution in [-0.2, 0) is 4.74 Å². The summed E-state index contributed by atoms with van der Waals surface area (Å²) < 4.78 is 5.61. The number of ether oxygens (including phenoxy) is 1. The number of nitrogens with two attached hydrogens (primary N) is 1. The topological polar surface area (TPSA) is 84.6 Å². The van der Waals surface area contributed by atoms with Gasteiger partial charge in [-0.1, -0.05) is 0 Å². The van der Waals surface area contributed by atoms with Gasteiger partial charge < -0.3 is 20.9 Å². The van der Waals surface area contributed by atoms with Gasteiger partial charge in [0.1, 0.15) is 6.61 Å². The number of carbonyl (C=O) groups is 1. The number of aliphatic hydroxyl groups is 1. The van der Waals surface area contributed by atoms with E-state index in [9.17, 15) is 4.79 Å². The molecule has 1 aromatic rings. The van der Waals surface area contributed by atoms with E-state index in [4.69, 9.17) is 15.6 Å². The Hall–Kier alpha value is -1.27. The molecule has 0 amide bonds. The van der Waals surface area contributed by atoms with Crippen molar-refractivity contribution < 1.29 is 14.6 Å². The number of hydrogen-bond acceptors (Lipinski definition) is 5. The highest BCUT2D eigenvalue weighted by atomic mass is 79.9. The lowest BCUT2D eigenvalue weighted by Crippen LogP contribution is -2.15. The Morgan fingerprint density at radius 1 is 1.58 bits per heavy atom. The van der Waals surface area contributed by atoms with E-state index in [1.807, 2.05) is 13.8 Å². The monoisotopic (exact) mass is 330 g/mol. The van der Waals surface area contributed by atoms with Crippen molar-refractivity contribution in [2.75, 3.05) is 24.3 Å². The molecule has 0 saturated heterocycles. The van der Waals surface area contributed by atoms with E-state index >= 15 is 0 Å². The molecule has 1 aromatic carbocycles. The predicted molar refractivity (Wildman–Crippen MR) is 79.4 cm³/mol.